The molecule has 0 saturated heterocycles. The van der Waals surface area contributed by atoms with Gasteiger partial charge >= 0.3 is 11.9 Å². The van der Waals surface area contributed by atoms with Crippen LogP contribution in [0.3, 0.4) is 0 Å². The number of hydrogen-bond acceptors (Lipinski definition) is 6. The van der Waals surface area contributed by atoms with E-state index in [1.165, 1.54) is 38.5 Å². The summed E-state index contributed by atoms with van der Waals surface area (Å²) < 4.78 is 21.2. The fraction of sp³-hybridized carbons (Fsp3) is 0.923. The Balaban J connectivity index is 3.30. The lowest BCUT2D eigenvalue weighted by Crippen LogP contribution is -2.21. The lowest BCUT2D eigenvalue weighted by atomic mass is 10.2. The van der Waals surface area contributed by atoms with Gasteiger partial charge in [-0.2, -0.15) is 0 Å². The Morgan fingerprint density at radius 1 is 0.406 bits per heavy atom. The number of unbranched alkanes of at least 4 members (excludes halogenated alkanes) is 12. The van der Waals surface area contributed by atoms with E-state index < -0.39 is 11.9 Å². The lowest BCUT2D eigenvalue weighted by molar-refractivity contribution is -0.167. The summed E-state index contributed by atoms with van der Waals surface area (Å²) in [6, 6.07) is 0. The standard InChI is InChI=1S/C26H50O6/c1-3-5-7-13-19-29-21-15-9-11-17-23-31-25(27)26(28)32-24-18-12-10-16-22-30-20-14-8-6-4-2/h3-24H2,1-2H3. The highest BCUT2D eigenvalue weighted by molar-refractivity contribution is 6.29. The van der Waals surface area contributed by atoms with Crippen LogP contribution in [0.15, 0.2) is 0 Å². The first-order valence-electron chi connectivity index (χ1n) is 13.2. The van der Waals surface area contributed by atoms with Gasteiger partial charge in [-0.05, 0) is 51.4 Å². The molecular formula is C26H50O6. The normalized spacial score (nSPS) is 10.9. The molecule has 0 atom stereocenters. The molecule has 0 aromatic heterocycles. The molecule has 190 valence electrons. The lowest BCUT2D eigenvalue weighted by Gasteiger charge is -2.07. The maximum absolute atomic E-state index is 11.6. The van der Waals surface area contributed by atoms with Crippen LogP contribution in [0, 0.1) is 0 Å². The molecule has 0 aromatic rings. The first-order valence-corrected chi connectivity index (χ1v) is 13.2. The SMILES string of the molecule is CCCCCCOCCCCCCOC(=O)C(=O)OCCCCCCOCCCCCC. The summed E-state index contributed by atoms with van der Waals surface area (Å²) in [5.41, 5.74) is 0. The van der Waals surface area contributed by atoms with Crippen molar-refractivity contribution in [1.82, 2.24) is 0 Å². The minimum absolute atomic E-state index is 0.268. The Bertz CT molecular complexity index is 375. The Morgan fingerprint density at radius 2 is 0.688 bits per heavy atom. The van der Waals surface area contributed by atoms with E-state index in [9.17, 15) is 9.59 Å². The molecule has 0 aliphatic rings. The van der Waals surface area contributed by atoms with E-state index >= 15 is 0 Å². The summed E-state index contributed by atoms with van der Waals surface area (Å²) in [4.78, 5) is 23.2. The molecule has 0 fully saturated rings. The second-order valence-corrected chi connectivity index (χ2v) is 8.45. The van der Waals surface area contributed by atoms with Crippen molar-refractivity contribution in [2.45, 2.75) is 117 Å². The largest absolute Gasteiger partial charge is 0.457 e. The summed E-state index contributed by atoms with van der Waals surface area (Å²) in [6.45, 7) is 8.25. The first-order chi connectivity index (χ1) is 15.7. The molecule has 0 spiro atoms. The van der Waals surface area contributed by atoms with E-state index in [1.807, 2.05) is 0 Å². The van der Waals surface area contributed by atoms with Crippen molar-refractivity contribution in [3.8, 4) is 0 Å². The fourth-order valence-electron chi connectivity index (χ4n) is 3.23. The van der Waals surface area contributed by atoms with Gasteiger partial charge in [-0.1, -0.05) is 65.2 Å². The molecule has 0 N–H and O–H groups in total. The molecule has 0 amide bonds. The molecule has 0 aromatic carbocycles. The van der Waals surface area contributed by atoms with Gasteiger partial charge in [0.05, 0.1) is 13.2 Å². The number of carbonyl (C=O) groups is 2. The van der Waals surface area contributed by atoms with Crippen LogP contribution in [0.4, 0.5) is 0 Å². The number of hydrogen-bond donors (Lipinski definition) is 0. The Hall–Kier alpha value is -1.14. The molecule has 0 saturated carbocycles. The summed E-state index contributed by atoms with van der Waals surface area (Å²) in [5.74, 6) is -1.76. The second-order valence-electron chi connectivity index (χ2n) is 8.45. The van der Waals surface area contributed by atoms with Gasteiger partial charge in [0, 0.05) is 26.4 Å². The molecule has 6 nitrogen and oxygen atoms in total. The summed E-state index contributed by atoms with van der Waals surface area (Å²) in [5, 5.41) is 0. The minimum atomic E-state index is -0.878. The molecule has 0 radical (unpaired) electrons. The molecule has 32 heavy (non-hydrogen) atoms. The van der Waals surface area contributed by atoms with E-state index in [1.54, 1.807) is 0 Å². The predicted octanol–water partition coefficient (Wildman–Crippen LogP) is 6.39. The van der Waals surface area contributed by atoms with Gasteiger partial charge in [-0.25, -0.2) is 9.59 Å². The molecule has 0 aliphatic heterocycles. The summed E-state index contributed by atoms with van der Waals surface area (Å²) in [7, 11) is 0. The molecule has 0 aliphatic carbocycles. The van der Waals surface area contributed by atoms with Gasteiger partial charge in [0.25, 0.3) is 0 Å². The third-order valence-electron chi connectivity index (χ3n) is 5.28. The van der Waals surface area contributed by atoms with Crippen molar-refractivity contribution in [2.24, 2.45) is 0 Å². The number of esters is 2. The molecule has 6 heteroatoms. The first kappa shape index (κ1) is 30.9. The fourth-order valence-corrected chi connectivity index (χ4v) is 3.23. The van der Waals surface area contributed by atoms with E-state index in [4.69, 9.17) is 18.9 Å². The van der Waals surface area contributed by atoms with Gasteiger partial charge in [-0.3, -0.25) is 0 Å². The summed E-state index contributed by atoms with van der Waals surface area (Å²) in [6.07, 6.45) is 17.4. The molecule has 0 unspecified atom stereocenters. The van der Waals surface area contributed by atoms with Crippen molar-refractivity contribution in [3.05, 3.63) is 0 Å². The summed E-state index contributed by atoms with van der Waals surface area (Å²) >= 11 is 0. The third kappa shape index (κ3) is 23.5. The van der Waals surface area contributed by atoms with Crippen molar-refractivity contribution in [3.63, 3.8) is 0 Å². The van der Waals surface area contributed by atoms with Crippen molar-refractivity contribution >= 4 is 11.9 Å². The van der Waals surface area contributed by atoms with Crippen LogP contribution in [0.1, 0.15) is 117 Å². The highest BCUT2D eigenvalue weighted by Crippen LogP contribution is 2.05. The Morgan fingerprint density at radius 3 is 1.00 bits per heavy atom. The van der Waals surface area contributed by atoms with Crippen LogP contribution < -0.4 is 0 Å². The highest BCUT2D eigenvalue weighted by atomic mass is 16.6. The van der Waals surface area contributed by atoms with Gasteiger partial charge in [-0.15, -0.1) is 0 Å². The minimum Gasteiger partial charge on any atom is -0.457 e. The zero-order valence-corrected chi connectivity index (χ0v) is 21.0. The van der Waals surface area contributed by atoms with Gasteiger partial charge in [0.2, 0.25) is 0 Å². The molecule has 0 heterocycles. The van der Waals surface area contributed by atoms with Crippen molar-refractivity contribution in [2.75, 3.05) is 39.6 Å². The van der Waals surface area contributed by atoms with E-state index in [0.29, 0.717) is 0 Å². The average Bonchev–Trinajstić information content (AvgIpc) is 2.80. The van der Waals surface area contributed by atoms with Crippen LogP contribution in [-0.4, -0.2) is 51.6 Å². The van der Waals surface area contributed by atoms with E-state index in [2.05, 4.69) is 13.8 Å². The highest BCUT2D eigenvalue weighted by Gasteiger charge is 2.16. The van der Waals surface area contributed by atoms with Crippen LogP contribution in [-0.2, 0) is 28.5 Å². The van der Waals surface area contributed by atoms with Gasteiger partial charge < -0.3 is 18.9 Å². The van der Waals surface area contributed by atoms with Crippen LogP contribution in [0.5, 0.6) is 0 Å². The number of rotatable bonds is 24. The molecule has 0 bridgehead atoms. The van der Waals surface area contributed by atoms with Crippen LogP contribution in [0.25, 0.3) is 0 Å². The van der Waals surface area contributed by atoms with Crippen LogP contribution >= 0.6 is 0 Å². The van der Waals surface area contributed by atoms with Crippen molar-refractivity contribution < 1.29 is 28.5 Å². The maximum atomic E-state index is 11.6. The molecule has 0 rings (SSSR count). The molecular weight excluding hydrogens is 408 g/mol. The zero-order chi connectivity index (χ0) is 23.5. The predicted molar refractivity (Wildman–Crippen MR) is 129 cm³/mol. The topological polar surface area (TPSA) is 71.1 Å². The number of carbonyl (C=O) groups excluding carboxylic acids is 2. The van der Waals surface area contributed by atoms with E-state index in [-0.39, 0.29) is 13.2 Å². The van der Waals surface area contributed by atoms with Crippen LogP contribution in [0.2, 0.25) is 0 Å². The maximum Gasteiger partial charge on any atom is 0.417 e. The van der Waals surface area contributed by atoms with Gasteiger partial charge in [0.15, 0.2) is 0 Å². The zero-order valence-electron chi connectivity index (χ0n) is 21.0. The second kappa shape index (κ2) is 26.1. The Labute approximate surface area is 197 Å². The smallest absolute Gasteiger partial charge is 0.417 e. The number of ether oxygens (including phenoxy) is 4. The Kier molecular flexibility index (Phi) is 25.2. The van der Waals surface area contributed by atoms with E-state index in [0.717, 1.165) is 90.6 Å². The van der Waals surface area contributed by atoms with Gasteiger partial charge in [0.1, 0.15) is 0 Å². The quantitative estimate of drug-likeness (QED) is 0.0948. The monoisotopic (exact) mass is 458 g/mol. The van der Waals surface area contributed by atoms with Crippen molar-refractivity contribution in [1.29, 1.82) is 0 Å². The average molecular weight is 459 g/mol. The third-order valence-corrected chi connectivity index (χ3v) is 5.28.